The van der Waals surface area contributed by atoms with Crippen LogP contribution in [0, 0.1) is 17.4 Å². The molecule has 0 fully saturated rings. The fourth-order valence-corrected chi connectivity index (χ4v) is 3.83. The van der Waals surface area contributed by atoms with Crippen molar-refractivity contribution in [1.29, 1.82) is 0 Å². The highest BCUT2D eigenvalue weighted by Gasteiger charge is 2.13. The topological polar surface area (TPSA) is 41.1 Å². The van der Waals surface area contributed by atoms with E-state index in [2.05, 4.69) is 68.2 Å². The smallest absolute Gasteiger partial charge is 0.253 e. The van der Waals surface area contributed by atoms with Gasteiger partial charge in [0.25, 0.3) is 5.91 Å². The van der Waals surface area contributed by atoms with Gasteiger partial charge in [0.05, 0.1) is 11.3 Å². The molecule has 3 aromatic rings. The summed E-state index contributed by atoms with van der Waals surface area (Å²) in [7, 11) is 0. The summed E-state index contributed by atoms with van der Waals surface area (Å²) in [4.78, 5) is 12.8. The Labute approximate surface area is 181 Å². The van der Waals surface area contributed by atoms with Gasteiger partial charge in [0.1, 0.15) is 0 Å². The van der Waals surface area contributed by atoms with Gasteiger partial charge in [-0.05, 0) is 84.0 Å². The SMILES string of the molecule is Cc1cccc(CNC(=O)c2cc(Br)ccc2Nc2ccc(I)cc2C)c1. The number of rotatable bonds is 5. The molecule has 0 aliphatic carbocycles. The molecule has 0 spiro atoms. The average Bonchev–Trinajstić information content (AvgIpc) is 2.63. The Morgan fingerprint density at radius 2 is 1.78 bits per heavy atom. The second-order valence-electron chi connectivity index (χ2n) is 6.45. The van der Waals surface area contributed by atoms with Gasteiger partial charge in [0.15, 0.2) is 0 Å². The van der Waals surface area contributed by atoms with Gasteiger partial charge in [0, 0.05) is 20.3 Å². The fourth-order valence-electron chi connectivity index (χ4n) is 2.83. The quantitative estimate of drug-likeness (QED) is 0.375. The van der Waals surface area contributed by atoms with E-state index in [1.165, 1.54) is 9.13 Å². The summed E-state index contributed by atoms with van der Waals surface area (Å²) in [5, 5.41) is 6.42. The van der Waals surface area contributed by atoms with E-state index in [-0.39, 0.29) is 5.91 Å². The Morgan fingerprint density at radius 3 is 2.52 bits per heavy atom. The Morgan fingerprint density at radius 1 is 1.00 bits per heavy atom. The summed E-state index contributed by atoms with van der Waals surface area (Å²) in [6.45, 7) is 4.60. The first-order chi connectivity index (χ1) is 12.9. The number of carbonyl (C=O) groups is 1. The van der Waals surface area contributed by atoms with Gasteiger partial charge in [0.2, 0.25) is 0 Å². The van der Waals surface area contributed by atoms with Crippen LogP contribution in [0.3, 0.4) is 0 Å². The molecule has 2 N–H and O–H groups in total. The lowest BCUT2D eigenvalue weighted by molar-refractivity contribution is 0.0951. The molecular weight excluding hydrogens is 515 g/mol. The third-order valence-corrected chi connectivity index (χ3v) is 5.38. The Balaban J connectivity index is 1.81. The number of nitrogens with one attached hydrogen (secondary N) is 2. The van der Waals surface area contributed by atoms with Crippen molar-refractivity contribution in [2.45, 2.75) is 20.4 Å². The summed E-state index contributed by atoms with van der Waals surface area (Å²) in [6.07, 6.45) is 0. The maximum Gasteiger partial charge on any atom is 0.253 e. The van der Waals surface area contributed by atoms with Crippen molar-refractivity contribution < 1.29 is 4.79 Å². The van der Waals surface area contributed by atoms with E-state index in [1.807, 2.05) is 55.5 Å². The Bertz CT molecular complexity index is 988. The van der Waals surface area contributed by atoms with Crippen molar-refractivity contribution in [2.24, 2.45) is 0 Å². The number of amides is 1. The molecule has 3 nitrogen and oxygen atoms in total. The minimum absolute atomic E-state index is 0.108. The number of hydrogen-bond donors (Lipinski definition) is 2. The Hall–Kier alpha value is -1.86. The summed E-state index contributed by atoms with van der Waals surface area (Å²) in [5.74, 6) is -0.108. The van der Waals surface area contributed by atoms with Crippen LogP contribution in [-0.4, -0.2) is 5.91 Å². The molecule has 0 saturated heterocycles. The first-order valence-electron chi connectivity index (χ1n) is 8.59. The highest BCUT2D eigenvalue weighted by atomic mass is 127. The van der Waals surface area contributed by atoms with Crippen LogP contribution in [0.25, 0.3) is 0 Å². The van der Waals surface area contributed by atoms with Crippen LogP contribution in [0.2, 0.25) is 0 Å². The molecule has 0 unspecified atom stereocenters. The monoisotopic (exact) mass is 534 g/mol. The molecule has 3 rings (SSSR count). The largest absolute Gasteiger partial charge is 0.355 e. The number of halogens is 2. The lowest BCUT2D eigenvalue weighted by atomic mass is 10.1. The molecule has 3 aromatic carbocycles. The normalized spacial score (nSPS) is 10.5. The second kappa shape index (κ2) is 8.89. The van der Waals surface area contributed by atoms with Crippen molar-refractivity contribution in [3.05, 3.63) is 91.0 Å². The highest BCUT2D eigenvalue weighted by Crippen LogP contribution is 2.27. The van der Waals surface area contributed by atoms with Gasteiger partial charge in [-0.1, -0.05) is 45.8 Å². The summed E-state index contributed by atoms with van der Waals surface area (Å²) < 4.78 is 2.05. The van der Waals surface area contributed by atoms with Crippen molar-refractivity contribution in [2.75, 3.05) is 5.32 Å². The molecule has 0 aliphatic rings. The molecular formula is C22H20BrIN2O. The van der Waals surface area contributed by atoms with E-state index in [0.29, 0.717) is 12.1 Å². The van der Waals surface area contributed by atoms with E-state index in [4.69, 9.17) is 0 Å². The zero-order chi connectivity index (χ0) is 19.4. The zero-order valence-electron chi connectivity index (χ0n) is 15.1. The maximum atomic E-state index is 12.8. The molecule has 0 radical (unpaired) electrons. The summed E-state index contributed by atoms with van der Waals surface area (Å²) >= 11 is 5.77. The van der Waals surface area contributed by atoms with Crippen molar-refractivity contribution in [3.63, 3.8) is 0 Å². The van der Waals surface area contributed by atoms with Gasteiger partial charge in [-0.15, -0.1) is 0 Å². The van der Waals surface area contributed by atoms with Crippen LogP contribution in [-0.2, 0) is 6.54 Å². The molecule has 0 aromatic heterocycles. The average molecular weight is 535 g/mol. The first-order valence-corrected chi connectivity index (χ1v) is 10.5. The number of benzene rings is 3. The molecule has 1 amide bonds. The van der Waals surface area contributed by atoms with Crippen LogP contribution in [0.15, 0.2) is 65.1 Å². The van der Waals surface area contributed by atoms with E-state index < -0.39 is 0 Å². The van der Waals surface area contributed by atoms with E-state index in [9.17, 15) is 4.79 Å². The third kappa shape index (κ3) is 5.32. The van der Waals surface area contributed by atoms with Crippen molar-refractivity contribution in [3.8, 4) is 0 Å². The van der Waals surface area contributed by atoms with Gasteiger partial charge in [-0.2, -0.15) is 0 Å². The minimum Gasteiger partial charge on any atom is -0.355 e. The third-order valence-electron chi connectivity index (χ3n) is 4.22. The molecule has 0 bridgehead atoms. The van der Waals surface area contributed by atoms with E-state index in [1.54, 1.807) is 0 Å². The minimum atomic E-state index is -0.108. The van der Waals surface area contributed by atoms with E-state index >= 15 is 0 Å². The van der Waals surface area contributed by atoms with Gasteiger partial charge >= 0.3 is 0 Å². The molecule has 0 aliphatic heterocycles. The van der Waals surface area contributed by atoms with Crippen LogP contribution in [0.5, 0.6) is 0 Å². The Kier molecular flexibility index (Phi) is 6.55. The number of aryl methyl sites for hydroxylation is 2. The highest BCUT2D eigenvalue weighted by molar-refractivity contribution is 14.1. The van der Waals surface area contributed by atoms with Crippen LogP contribution in [0.4, 0.5) is 11.4 Å². The molecule has 0 saturated carbocycles. The van der Waals surface area contributed by atoms with Gasteiger partial charge in [-0.3, -0.25) is 4.79 Å². The fraction of sp³-hybridized carbons (Fsp3) is 0.136. The molecule has 138 valence electrons. The first kappa shape index (κ1) is 19.9. The second-order valence-corrected chi connectivity index (χ2v) is 8.61. The predicted octanol–water partition coefficient (Wildman–Crippen LogP) is 6.34. The predicted molar refractivity (Wildman–Crippen MR) is 124 cm³/mol. The summed E-state index contributed by atoms with van der Waals surface area (Å²) in [5.41, 5.74) is 5.78. The van der Waals surface area contributed by atoms with Gasteiger partial charge < -0.3 is 10.6 Å². The number of hydrogen-bond acceptors (Lipinski definition) is 2. The van der Waals surface area contributed by atoms with Crippen LogP contribution >= 0.6 is 38.5 Å². The molecule has 0 heterocycles. The van der Waals surface area contributed by atoms with Crippen molar-refractivity contribution >= 4 is 55.8 Å². The molecule has 5 heteroatoms. The lowest BCUT2D eigenvalue weighted by Gasteiger charge is -2.15. The summed E-state index contributed by atoms with van der Waals surface area (Å²) in [6, 6.07) is 20.0. The molecule has 0 atom stereocenters. The number of anilines is 2. The van der Waals surface area contributed by atoms with Crippen LogP contribution in [0.1, 0.15) is 27.0 Å². The standard InChI is InChI=1S/C22H20BrIN2O/c1-14-4-3-5-16(10-14)13-25-22(27)19-12-17(23)6-8-21(19)26-20-9-7-18(24)11-15(20)2/h3-12,26H,13H2,1-2H3,(H,25,27). The van der Waals surface area contributed by atoms with Crippen molar-refractivity contribution in [1.82, 2.24) is 5.32 Å². The zero-order valence-corrected chi connectivity index (χ0v) is 18.9. The molecule has 27 heavy (non-hydrogen) atoms. The lowest BCUT2D eigenvalue weighted by Crippen LogP contribution is -2.23. The van der Waals surface area contributed by atoms with Gasteiger partial charge in [-0.25, -0.2) is 0 Å². The van der Waals surface area contributed by atoms with Crippen LogP contribution < -0.4 is 10.6 Å². The maximum absolute atomic E-state index is 12.8. The number of carbonyl (C=O) groups excluding carboxylic acids is 1. The van der Waals surface area contributed by atoms with E-state index in [0.717, 1.165) is 27.0 Å².